The lowest BCUT2D eigenvalue weighted by molar-refractivity contribution is 0.302. The molecule has 2 aromatic rings. The van der Waals surface area contributed by atoms with E-state index >= 15 is 0 Å². The third kappa shape index (κ3) is 1.73. The summed E-state index contributed by atoms with van der Waals surface area (Å²) in [5.41, 5.74) is 12.3. The zero-order valence-electron chi connectivity index (χ0n) is 11.5. The molecule has 4 rings (SSSR count). The maximum absolute atomic E-state index is 6.68. The molecular formula is C17H22N2. The lowest BCUT2D eigenvalue weighted by Crippen LogP contribution is -2.38. The predicted octanol–water partition coefficient (Wildman–Crippen LogP) is 3.77. The van der Waals surface area contributed by atoms with Crippen LogP contribution in [0.25, 0.3) is 10.9 Å². The highest BCUT2D eigenvalue weighted by Gasteiger charge is 2.30. The Labute approximate surface area is 114 Å². The highest BCUT2D eigenvalue weighted by molar-refractivity contribution is 5.86. The van der Waals surface area contributed by atoms with Crippen molar-refractivity contribution in [3.63, 3.8) is 0 Å². The largest absolute Gasteiger partial charge is 0.358 e. The van der Waals surface area contributed by atoms with Crippen LogP contribution in [0.5, 0.6) is 0 Å². The van der Waals surface area contributed by atoms with E-state index in [-0.39, 0.29) is 5.54 Å². The first-order valence-corrected chi connectivity index (χ1v) is 7.69. The van der Waals surface area contributed by atoms with Crippen LogP contribution in [-0.4, -0.2) is 4.98 Å². The van der Waals surface area contributed by atoms with Gasteiger partial charge in [0.1, 0.15) is 0 Å². The van der Waals surface area contributed by atoms with Gasteiger partial charge in [-0.15, -0.1) is 0 Å². The summed E-state index contributed by atoms with van der Waals surface area (Å²) in [5, 5.41) is 1.43. The summed E-state index contributed by atoms with van der Waals surface area (Å²) in [7, 11) is 0. The van der Waals surface area contributed by atoms with E-state index < -0.39 is 0 Å². The molecule has 0 bridgehead atoms. The lowest BCUT2D eigenvalue weighted by atomic mass is 9.77. The second kappa shape index (κ2) is 4.11. The number of aromatic amines is 1. The van der Waals surface area contributed by atoms with Crippen LogP contribution >= 0.6 is 0 Å². The Hall–Kier alpha value is -1.28. The third-order valence-corrected chi connectivity index (χ3v) is 5.17. The number of H-pyrrole nitrogens is 1. The van der Waals surface area contributed by atoms with Crippen molar-refractivity contribution in [1.29, 1.82) is 0 Å². The van der Waals surface area contributed by atoms with Gasteiger partial charge in [0.2, 0.25) is 0 Å². The molecule has 2 heteroatoms. The van der Waals surface area contributed by atoms with Gasteiger partial charge < -0.3 is 10.7 Å². The van der Waals surface area contributed by atoms with E-state index in [1.54, 1.807) is 5.56 Å². The number of nitrogens with one attached hydrogen (secondary N) is 1. The minimum absolute atomic E-state index is 0.0742. The number of nitrogens with two attached hydrogens (primary N) is 1. The molecule has 0 saturated heterocycles. The molecule has 0 atom stereocenters. The van der Waals surface area contributed by atoms with Gasteiger partial charge in [0.05, 0.1) is 0 Å². The van der Waals surface area contributed by atoms with Crippen molar-refractivity contribution in [2.24, 2.45) is 5.73 Å². The monoisotopic (exact) mass is 254 g/mol. The van der Waals surface area contributed by atoms with Crippen LogP contribution in [-0.2, 0) is 18.4 Å². The summed E-state index contributed by atoms with van der Waals surface area (Å²) in [5.74, 6) is 0. The number of aryl methyl sites for hydroxylation is 2. The number of benzene rings is 1. The number of hydrogen-bond donors (Lipinski definition) is 2. The van der Waals surface area contributed by atoms with Crippen LogP contribution in [0.4, 0.5) is 0 Å². The molecule has 1 fully saturated rings. The Bertz CT molecular complexity index is 617. The van der Waals surface area contributed by atoms with Gasteiger partial charge in [-0.3, -0.25) is 0 Å². The average molecular weight is 254 g/mol. The van der Waals surface area contributed by atoms with Crippen LogP contribution in [0, 0.1) is 0 Å². The molecule has 1 aromatic carbocycles. The summed E-state index contributed by atoms with van der Waals surface area (Å²) in [4.78, 5) is 3.58. The number of fused-ring (bicyclic) bond motifs is 3. The van der Waals surface area contributed by atoms with Gasteiger partial charge in [0.15, 0.2) is 0 Å². The normalized spacial score (nSPS) is 21.7. The average Bonchev–Trinajstić information content (AvgIpc) is 2.99. The quantitative estimate of drug-likeness (QED) is 0.799. The summed E-state index contributed by atoms with van der Waals surface area (Å²) in [6.07, 6.45) is 9.94. The van der Waals surface area contributed by atoms with E-state index in [4.69, 9.17) is 5.73 Å². The van der Waals surface area contributed by atoms with Crippen LogP contribution in [0.2, 0.25) is 0 Å². The second-order valence-corrected chi connectivity index (χ2v) is 6.41. The predicted molar refractivity (Wildman–Crippen MR) is 79.3 cm³/mol. The van der Waals surface area contributed by atoms with Crippen molar-refractivity contribution in [3.05, 3.63) is 35.0 Å². The van der Waals surface area contributed by atoms with Crippen molar-refractivity contribution < 1.29 is 0 Å². The Balaban J connectivity index is 1.82. The molecule has 0 amide bonds. The van der Waals surface area contributed by atoms with E-state index in [0.717, 1.165) is 12.8 Å². The van der Waals surface area contributed by atoms with Gasteiger partial charge in [-0.2, -0.15) is 0 Å². The van der Waals surface area contributed by atoms with Gasteiger partial charge >= 0.3 is 0 Å². The van der Waals surface area contributed by atoms with Crippen LogP contribution in [0.1, 0.15) is 55.3 Å². The highest BCUT2D eigenvalue weighted by Crippen LogP contribution is 2.38. The molecule has 0 aliphatic heterocycles. The third-order valence-electron chi connectivity index (χ3n) is 5.17. The van der Waals surface area contributed by atoms with Crippen molar-refractivity contribution in [2.45, 2.75) is 56.9 Å². The first kappa shape index (κ1) is 11.5. The molecule has 1 saturated carbocycles. The minimum Gasteiger partial charge on any atom is -0.358 e. The maximum atomic E-state index is 6.68. The Morgan fingerprint density at radius 3 is 2.68 bits per heavy atom. The topological polar surface area (TPSA) is 41.8 Å². The first-order valence-electron chi connectivity index (χ1n) is 7.69. The van der Waals surface area contributed by atoms with E-state index in [1.807, 2.05) is 0 Å². The van der Waals surface area contributed by atoms with Crippen LogP contribution in [0.15, 0.2) is 18.2 Å². The van der Waals surface area contributed by atoms with E-state index in [9.17, 15) is 0 Å². The summed E-state index contributed by atoms with van der Waals surface area (Å²) >= 11 is 0. The molecule has 1 aromatic heterocycles. The Kier molecular flexibility index (Phi) is 2.49. The fourth-order valence-corrected chi connectivity index (χ4v) is 4.03. The summed E-state index contributed by atoms with van der Waals surface area (Å²) < 4.78 is 0. The zero-order valence-corrected chi connectivity index (χ0v) is 11.5. The second-order valence-electron chi connectivity index (χ2n) is 6.41. The molecule has 0 spiro atoms. The molecular weight excluding hydrogens is 232 g/mol. The molecule has 2 aliphatic rings. The van der Waals surface area contributed by atoms with Gasteiger partial charge in [-0.05, 0) is 55.4 Å². The zero-order chi connectivity index (χ0) is 12.9. The van der Waals surface area contributed by atoms with Crippen LogP contribution < -0.4 is 5.73 Å². The summed E-state index contributed by atoms with van der Waals surface area (Å²) in [6, 6.07) is 6.87. The molecule has 1 heterocycles. The molecule has 3 N–H and O–H groups in total. The van der Waals surface area contributed by atoms with Crippen LogP contribution in [0.3, 0.4) is 0 Å². The van der Waals surface area contributed by atoms with E-state index in [0.29, 0.717) is 0 Å². The highest BCUT2D eigenvalue weighted by atomic mass is 14.8. The minimum atomic E-state index is -0.0742. The molecule has 100 valence electrons. The van der Waals surface area contributed by atoms with E-state index in [1.165, 1.54) is 60.7 Å². The smallest absolute Gasteiger partial charge is 0.0459 e. The molecule has 0 radical (unpaired) electrons. The Morgan fingerprint density at radius 1 is 1.00 bits per heavy atom. The fraction of sp³-hybridized carbons (Fsp3) is 0.529. The number of aromatic nitrogens is 1. The Morgan fingerprint density at radius 2 is 1.84 bits per heavy atom. The van der Waals surface area contributed by atoms with Crippen molar-refractivity contribution in [2.75, 3.05) is 0 Å². The van der Waals surface area contributed by atoms with Gasteiger partial charge in [0.25, 0.3) is 0 Å². The number of hydrogen-bond acceptors (Lipinski definition) is 1. The van der Waals surface area contributed by atoms with Crippen molar-refractivity contribution >= 4 is 10.9 Å². The first-order chi connectivity index (χ1) is 9.26. The molecule has 2 aliphatic carbocycles. The maximum Gasteiger partial charge on any atom is 0.0459 e. The van der Waals surface area contributed by atoms with Crippen molar-refractivity contribution in [1.82, 2.24) is 4.98 Å². The fourth-order valence-electron chi connectivity index (χ4n) is 4.03. The van der Waals surface area contributed by atoms with Gasteiger partial charge in [0, 0.05) is 22.1 Å². The SMILES string of the molecule is NC1(c2ccc3[nH]c4c(c3c2)CCC4)CCCCC1. The van der Waals surface area contributed by atoms with Gasteiger partial charge in [-0.1, -0.05) is 25.3 Å². The van der Waals surface area contributed by atoms with Crippen molar-refractivity contribution in [3.8, 4) is 0 Å². The molecule has 19 heavy (non-hydrogen) atoms. The van der Waals surface area contributed by atoms with E-state index in [2.05, 4.69) is 23.2 Å². The lowest BCUT2D eigenvalue weighted by Gasteiger charge is -2.34. The van der Waals surface area contributed by atoms with Gasteiger partial charge in [-0.25, -0.2) is 0 Å². The summed E-state index contributed by atoms with van der Waals surface area (Å²) in [6.45, 7) is 0. The molecule has 2 nitrogen and oxygen atoms in total. The molecule has 0 unspecified atom stereocenters. The standard InChI is InChI=1S/C17H22N2/c18-17(9-2-1-3-10-17)12-7-8-16-14(11-12)13-5-4-6-15(13)19-16/h7-8,11,19H,1-6,9-10,18H2. The number of rotatable bonds is 1.